The van der Waals surface area contributed by atoms with Crippen LogP contribution in [0.3, 0.4) is 0 Å². The average Bonchev–Trinajstić information content (AvgIpc) is 3.17. The lowest BCUT2D eigenvalue weighted by Crippen LogP contribution is -2.16. The maximum atomic E-state index is 3.54. The van der Waals surface area contributed by atoms with Crippen molar-refractivity contribution in [3.63, 3.8) is 0 Å². The van der Waals surface area contributed by atoms with Crippen molar-refractivity contribution in [2.45, 2.75) is 45.1 Å². The molecule has 1 saturated carbocycles. The van der Waals surface area contributed by atoms with Gasteiger partial charge in [-0.1, -0.05) is 42.0 Å². The molecule has 1 aromatic carbocycles. The van der Waals surface area contributed by atoms with Crippen LogP contribution in [0.5, 0.6) is 0 Å². The highest BCUT2D eigenvalue weighted by atomic mass is 14.9. The van der Waals surface area contributed by atoms with Crippen LogP contribution >= 0.6 is 0 Å². The van der Waals surface area contributed by atoms with E-state index < -0.39 is 0 Å². The molecule has 0 saturated heterocycles. The summed E-state index contributed by atoms with van der Waals surface area (Å²) in [6.45, 7) is 3.40. The molecule has 0 radical (unpaired) electrons. The van der Waals surface area contributed by atoms with Crippen molar-refractivity contribution in [2.24, 2.45) is 0 Å². The quantitative estimate of drug-likeness (QED) is 0.555. The lowest BCUT2D eigenvalue weighted by atomic mass is 10.1. The molecule has 92 valence electrons. The van der Waals surface area contributed by atoms with Gasteiger partial charge in [0, 0.05) is 6.04 Å². The SMILES string of the molecule is CC(=CCCNC1CC1)CCc1ccccc1. The van der Waals surface area contributed by atoms with Gasteiger partial charge in [0.2, 0.25) is 0 Å². The van der Waals surface area contributed by atoms with Crippen molar-refractivity contribution >= 4 is 0 Å². The van der Waals surface area contributed by atoms with Gasteiger partial charge in [-0.3, -0.25) is 0 Å². The summed E-state index contributed by atoms with van der Waals surface area (Å²) in [6, 6.07) is 11.6. The van der Waals surface area contributed by atoms with Crippen molar-refractivity contribution < 1.29 is 0 Å². The van der Waals surface area contributed by atoms with Gasteiger partial charge in [0.1, 0.15) is 0 Å². The number of allylic oxidation sites excluding steroid dienone is 1. The summed E-state index contributed by atoms with van der Waals surface area (Å²) in [4.78, 5) is 0. The van der Waals surface area contributed by atoms with Crippen LogP contribution in [0.15, 0.2) is 42.0 Å². The van der Waals surface area contributed by atoms with Gasteiger partial charge in [-0.15, -0.1) is 0 Å². The molecule has 0 unspecified atom stereocenters. The molecule has 1 aliphatic rings. The first-order valence-corrected chi connectivity index (χ1v) is 6.77. The molecule has 1 heteroatoms. The Hall–Kier alpha value is -1.08. The first-order valence-electron chi connectivity index (χ1n) is 6.77. The summed E-state index contributed by atoms with van der Waals surface area (Å²) in [5.41, 5.74) is 2.96. The van der Waals surface area contributed by atoms with Crippen molar-refractivity contribution in [1.82, 2.24) is 5.32 Å². The second-order valence-electron chi connectivity index (χ2n) is 5.05. The maximum Gasteiger partial charge on any atom is 0.00683 e. The summed E-state index contributed by atoms with van der Waals surface area (Å²) in [5, 5.41) is 3.54. The molecule has 0 aliphatic heterocycles. The molecule has 0 atom stereocenters. The molecular weight excluding hydrogens is 206 g/mol. The van der Waals surface area contributed by atoms with E-state index in [1.165, 1.54) is 43.2 Å². The van der Waals surface area contributed by atoms with Gasteiger partial charge in [-0.25, -0.2) is 0 Å². The summed E-state index contributed by atoms with van der Waals surface area (Å²) in [6.07, 6.45) is 8.69. The van der Waals surface area contributed by atoms with Gasteiger partial charge >= 0.3 is 0 Å². The lowest BCUT2D eigenvalue weighted by Gasteiger charge is -2.03. The molecule has 2 rings (SSSR count). The largest absolute Gasteiger partial charge is 0.314 e. The zero-order valence-electron chi connectivity index (χ0n) is 10.8. The third kappa shape index (κ3) is 5.18. The smallest absolute Gasteiger partial charge is 0.00683 e. The average molecular weight is 229 g/mol. The Balaban J connectivity index is 1.61. The number of nitrogens with one attached hydrogen (secondary N) is 1. The summed E-state index contributed by atoms with van der Waals surface area (Å²) in [7, 11) is 0. The second kappa shape index (κ2) is 6.61. The number of hydrogen-bond donors (Lipinski definition) is 1. The van der Waals surface area contributed by atoms with Crippen molar-refractivity contribution in [3.8, 4) is 0 Å². The van der Waals surface area contributed by atoms with Crippen LogP contribution in [-0.2, 0) is 6.42 Å². The van der Waals surface area contributed by atoms with Gasteiger partial charge in [0.25, 0.3) is 0 Å². The summed E-state index contributed by atoms with van der Waals surface area (Å²) in [5.74, 6) is 0. The van der Waals surface area contributed by atoms with Crippen molar-refractivity contribution in [2.75, 3.05) is 6.54 Å². The van der Waals surface area contributed by atoms with E-state index in [4.69, 9.17) is 0 Å². The molecular formula is C16H23N. The Morgan fingerprint density at radius 1 is 1.29 bits per heavy atom. The third-order valence-electron chi connectivity index (χ3n) is 3.30. The Labute approximate surface area is 105 Å². The summed E-state index contributed by atoms with van der Waals surface area (Å²) < 4.78 is 0. The zero-order valence-corrected chi connectivity index (χ0v) is 10.8. The molecule has 0 spiro atoms. The number of hydrogen-bond acceptors (Lipinski definition) is 1. The van der Waals surface area contributed by atoms with Crippen LogP contribution in [0.2, 0.25) is 0 Å². The first kappa shape index (κ1) is 12.4. The Kier molecular flexibility index (Phi) is 4.81. The van der Waals surface area contributed by atoms with Crippen molar-refractivity contribution in [1.29, 1.82) is 0 Å². The molecule has 0 aromatic heterocycles. The fourth-order valence-electron chi connectivity index (χ4n) is 1.98. The topological polar surface area (TPSA) is 12.0 Å². The fourth-order valence-corrected chi connectivity index (χ4v) is 1.98. The van der Waals surface area contributed by atoms with Gasteiger partial charge in [0.05, 0.1) is 0 Å². The molecule has 1 nitrogen and oxygen atoms in total. The Bertz CT molecular complexity index is 349. The normalized spacial score (nSPS) is 16.2. The van der Waals surface area contributed by atoms with Gasteiger partial charge in [-0.2, -0.15) is 0 Å². The fraction of sp³-hybridized carbons (Fsp3) is 0.500. The zero-order chi connectivity index (χ0) is 11.9. The summed E-state index contributed by atoms with van der Waals surface area (Å²) >= 11 is 0. The van der Waals surface area contributed by atoms with E-state index in [2.05, 4.69) is 48.6 Å². The molecule has 0 bridgehead atoms. The molecule has 1 fully saturated rings. The van der Waals surface area contributed by atoms with E-state index in [1.807, 2.05) is 0 Å². The van der Waals surface area contributed by atoms with Crippen LogP contribution < -0.4 is 5.32 Å². The predicted molar refractivity (Wildman–Crippen MR) is 74.2 cm³/mol. The molecule has 1 N–H and O–H groups in total. The van der Waals surface area contributed by atoms with Crippen LogP contribution in [0.1, 0.15) is 38.2 Å². The van der Waals surface area contributed by atoms with E-state index in [9.17, 15) is 0 Å². The van der Waals surface area contributed by atoms with E-state index in [0.29, 0.717) is 0 Å². The highest BCUT2D eigenvalue weighted by molar-refractivity contribution is 5.16. The van der Waals surface area contributed by atoms with E-state index in [1.54, 1.807) is 0 Å². The highest BCUT2D eigenvalue weighted by Crippen LogP contribution is 2.18. The van der Waals surface area contributed by atoms with Crippen LogP contribution in [0, 0.1) is 0 Å². The van der Waals surface area contributed by atoms with E-state index in [-0.39, 0.29) is 0 Å². The minimum atomic E-state index is 0.841. The number of aryl methyl sites for hydroxylation is 1. The lowest BCUT2D eigenvalue weighted by molar-refractivity contribution is 0.687. The number of benzene rings is 1. The predicted octanol–water partition coefficient (Wildman–Crippen LogP) is 3.71. The Morgan fingerprint density at radius 2 is 2.06 bits per heavy atom. The number of rotatable bonds is 7. The molecule has 0 heterocycles. The van der Waals surface area contributed by atoms with E-state index >= 15 is 0 Å². The van der Waals surface area contributed by atoms with Crippen molar-refractivity contribution in [3.05, 3.63) is 47.5 Å². The second-order valence-corrected chi connectivity index (χ2v) is 5.05. The third-order valence-corrected chi connectivity index (χ3v) is 3.30. The van der Waals surface area contributed by atoms with Crippen LogP contribution in [-0.4, -0.2) is 12.6 Å². The highest BCUT2D eigenvalue weighted by Gasteiger charge is 2.19. The monoisotopic (exact) mass is 229 g/mol. The Morgan fingerprint density at radius 3 is 2.76 bits per heavy atom. The minimum Gasteiger partial charge on any atom is -0.314 e. The standard InChI is InChI=1S/C16H23N/c1-14(6-5-13-17-16-11-12-16)9-10-15-7-3-2-4-8-15/h2-4,6-8,16-17H,5,9-13H2,1H3. The van der Waals surface area contributed by atoms with E-state index in [0.717, 1.165) is 12.6 Å². The van der Waals surface area contributed by atoms with Gasteiger partial charge < -0.3 is 5.32 Å². The molecule has 17 heavy (non-hydrogen) atoms. The van der Waals surface area contributed by atoms with Gasteiger partial charge in [-0.05, 0) is 51.1 Å². The van der Waals surface area contributed by atoms with Crippen LogP contribution in [0.25, 0.3) is 0 Å². The molecule has 1 aromatic rings. The first-order chi connectivity index (χ1) is 8.34. The molecule has 0 amide bonds. The maximum absolute atomic E-state index is 3.54. The minimum absolute atomic E-state index is 0.841. The van der Waals surface area contributed by atoms with Gasteiger partial charge in [0.15, 0.2) is 0 Å². The molecule has 1 aliphatic carbocycles. The van der Waals surface area contributed by atoms with Crippen LogP contribution in [0.4, 0.5) is 0 Å².